The Hall–Kier alpha value is -1.71. The molecule has 1 fully saturated rings. The molecule has 1 amide bonds. The van der Waals surface area contributed by atoms with Crippen LogP contribution in [0, 0.1) is 6.92 Å². The first kappa shape index (κ1) is 9.83. The van der Waals surface area contributed by atoms with Crippen molar-refractivity contribution in [2.45, 2.75) is 13.0 Å². The second-order valence-corrected chi connectivity index (χ2v) is 3.52. The van der Waals surface area contributed by atoms with Gasteiger partial charge in [-0.15, -0.1) is 0 Å². The van der Waals surface area contributed by atoms with Gasteiger partial charge in [-0.25, -0.2) is 4.79 Å². The number of rotatable bonds is 2. The smallest absolute Gasteiger partial charge is 0.407 e. The van der Waals surface area contributed by atoms with Crippen LogP contribution in [0.2, 0.25) is 0 Å². The van der Waals surface area contributed by atoms with Crippen LogP contribution in [0.15, 0.2) is 18.2 Å². The summed E-state index contributed by atoms with van der Waals surface area (Å²) in [4.78, 5) is 10.9. The van der Waals surface area contributed by atoms with Gasteiger partial charge in [0.1, 0.15) is 12.4 Å². The fourth-order valence-electron chi connectivity index (χ4n) is 1.68. The van der Waals surface area contributed by atoms with E-state index < -0.39 is 0 Å². The zero-order valence-electron chi connectivity index (χ0n) is 8.74. The van der Waals surface area contributed by atoms with Crippen molar-refractivity contribution in [1.82, 2.24) is 5.32 Å². The molecule has 1 aliphatic heterocycles. The SMILES string of the molecule is COc1ccc(C2COC(=O)N2)cc1C. The number of methoxy groups -OCH3 is 1. The third kappa shape index (κ3) is 1.88. The molecule has 0 bridgehead atoms. The summed E-state index contributed by atoms with van der Waals surface area (Å²) in [6.45, 7) is 2.37. The van der Waals surface area contributed by atoms with Gasteiger partial charge in [0.15, 0.2) is 0 Å². The molecule has 0 radical (unpaired) electrons. The van der Waals surface area contributed by atoms with E-state index in [2.05, 4.69) is 5.32 Å². The van der Waals surface area contributed by atoms with Crippen LogP contribution >= 0.6 is 0 Å². The minimum atomic E-state index is -0.353. The van der Waals surface area contributed by atoms with Crippen LogP contribution in [0.4, 0.5) is 4.79 Å². The van der Waals surface area contributed by atoms with E-state index in [9.17, 15) is 4.79 Å². The molecule has 1 aliphatic rings. The lowest BCUT2D eigenvalue weighted by Gasteiger charge is -2.10. The molecule has 1 N–H and O–H groups in total. The first-order valence-corrected chi connectivity index (χ1v) is 4.78. The maximum atomic E-state index is 10.9. The number of carbonyl (C=O) groups is 1. The molecule has 0 saturated carbocycles. The Bertz CT molecular complexity index is 389. The Kier molecular flexibility index (Phi) is 2.49. The second-order valence-electron chi connectivity index (χ2n) is 3.52. The summed E-state index contributed by atoms with van der Waals surface area (Å²) in [5, 5.41) is 2.73. The molecular weight excluding hydrogens is 194 g/mol. The standard InChI is InChI=1S/C11H13NO3/c1-7-5-8(3-4-10(7)14-2)9-6-15-11(13)12-9/h3-5,9H,6H2,1-2H3,(H,12,13). The third-order valence-electron chi connectivity index (χ3n) is 2.49. The molecule has 4 nitrogen and oxygen atoms in total. The highest BCUT2D eigenvalue weighted by Crippen LogP contribution is 2.24. The average Bonchev–Trinajstić information content (AvgIpc) is 2.65. The van der Waals surface area contributed by atoms with Gasteiger partial charge >= 0.3 is 6.09 Å². The number of hydrogen-bond acceptors (Lipinski definition) is 3. The van der Waals surface area contributed by atoms with E-state index in [4.69, 9.17) is 9.47 Å². The first-order chi connectivity index (χ1) is 7.20. The van der Waals surface area contributed by atoms with E-state index in [1.165, 1.54) is 0 Å². The molecule has 1 unspecified atom stereocenters. The van der Waals surface area contributed by atoms with Gasteiger partial charge in [-0.3, -0.25) is 0 Å². The fourth-order valence-corrected chi connectivity index (χ4v) is 1.68. The van der Waals surface area contributed by atoms with Crippen molar-refractivity contribution in [1.29, 1.82) is 0 Å². The Morgan fingerprint density at radius 3 is 2.87 bits per heavy atom. The number of benzene rings is 1. The molecule has 1 aromatic rings. The van der Waals surface area contributed by atoms with Crippen molar-refractivity contribution in [3.05, 3.63) is 29.3 Å². The van der Waals surface area contributed by atoms with Gasteiger partial charge in [-0.2, -0.15) is 0 Å². The lowest BCUT2D eigenvalue weighted by Crippen LogP contribution is -2.18. The Morgan fingerprint density at radius 1 is 1.53 bits per heavy atom. The third-order valence-corrected chi connectivity index (χ3v) is 2.49. The van der Waals surface area contributed by atoms with Crippen molar-refractivity contribution in [3.63, 3.8) is 0 Å². The number of ether oxygens (including phenoxy) is 2. The lowest BCUT2D eigenvalue weighted by atomic mass is 10.0. The van der Waals surface area contributed by atoms with E-state index in [1.54, 1.807) is 7.11 Å². The number of aryl methyl sites for hydroxylation is 1. The molecule has 1 atom stereocenters. The van der Waals surface area contributed by atoms with Crippen LogP contribution in [-0.2, 0) is 4.74 Å². The molecule has 4 heteroatoms. The minimum Gasteiger partial charge on any atom is -0.496 e. The molecular formula is C11H13NO3. The summed E-state index contributed by atoms with van der Waals surface area (Å²) in [5.41, 5.74) is 2.09. The van der Waals surface area contributed by atoms with E-state index in [1.807, 2.05) is 25.1 Å². The molecule has 1 heterocycles. The molecule has 0 aromatic heterocycles. The first-order valence-electron chi connectivity index (χ1n) is 4.78. The van der Waals surface area contributed by atoms with Crippen molar-refractivity contribution in [2.75, 3.05) is 13.7 Å². The van der Waals surface area contributed by atoms with Crippen molar-refractivity contribution >= 4 is 6.09 Å². The van der Waals surface area contributed by atoms with Crippen LogP contribution in [0.5, 0.6) is 5.75 Å². The van der Waals surface area contributed by atoms with Gasteiger partial charge in [0.05, 0.1) is 13.2 Å². The van der Waals surface area contributed by atoms with E-state index in [0.717, 1.165) is 16.9 Å². The molecule has 1 saturated heterocycles. The van der Waals surface area contributed by atoms with Gasteiger partial charge in [0.25, 0.3) is 0 Å². The van der Waals surface area contributed by atoms with Crippen LogP contribution in [0.3, 0.4) is 0 Å². The number of hydrogen-bond donors (Lipinski definition) is 1. The Morgan fingerprint density at radius 2 is 2.33 bits per heavy atom. The number of alkyl carbamates (subject to hydrolysis) is 1. The summed E-state index contributed by atoms with van der Waals surface area (Å²) in [6.07, 6.45) is -0.353. The average molecular weight is 207 g/mol. The number of cyclic esters (lactones) is 1. The molecule has 1 aromatic carbocycles. The maximum Gasteiger partial charge on any atom is 0.407 e. The zero-order chi connectivity index (χ0) is 10.8. The minimum absolute atomic E-state index is 0.0397. The second kappa shape index (κ2) is 3.81. The highest BCUT2D eigenvalue weighted by atomic mass is 16.6. The maximum absolute atomic E-state index is 10.9. The van der Waals surface area contributed by atoms with Crippen molar-refractivity contribution < 1.29 is 14.3 Å². The summed E-state index contributed by atoms with van der Waals surface area (Å²) >= 11 is 0. The van der Waals surface area contributed by atoms with E-state index >= 15 is 0 Å². The van der Waals surface area contributed by atoms with Crippen LogP contribution in [0.25, 0.3) is 0 Å². The summed E-state index contributed by atoms with van der Waals surface area (Å²) in [7, 11) is 1.64. The molecule has 0 aliphatic carbocycles. The quantitative estimate of drug-likeness (QED) is 0.804. The van der Waals surface area contributed by atoms with Gasteiger partial charge in [0.2, 0.25) is 0 Å². The highest BCUT2D eigenvalue weighted by molar-refractivity contribution is 5.70. The van der Waals surface area contributed by atoms with E-state index in [-0.39, 0.29) is 12.1 Å². The molecule has 80 valence electrons. The number of nitrogens with one attached hydrogen (secondary N) is 1. The Balaban J connectivity index is 2.22. The largest absolute Gasteiger partial charge is 0.496 e. The predicted octanol–water partition coefficient (Wildman–Crippen LogP) is 1.78. The van der Waals surface area contributed by atoms with Crippen LogP contribution in [0.1, 0.15) is 17.2 Å². The molecule has 2 rings (SSSR count). The predicted molar refractivity (Wildman–Crippen MR) is 55.0 cm³/mol. The highest BCUT2D eigenvalue weighted by Gasteiger charge is 2.23. The Labute approximate surface area is 88.2 Å². The topological polar surface area (TPSA) is 47.6 Å². The molecule has 15 heavy (non-hydrogen) atoms. The number of carbonyl (C=O) groups excluding carboxylic acids is 1. The van der Waals surface area contributed by atoms with Gasteiger partial charge in [0, 0.05) is 0 Å². The monoisotopic (exact) mass is 207 g/mol. The van der Waals surface area contributed by atoms with Crippen LogP contribution < -0.4 is 10.1 Å². The normalized spacial score (nSPS) is 19.6. The van der Waals surface area contributed by atoms with Crippen LogP contribution in [-0.4, -0.2) is 19.8 Å². The van der Waals surface area contributed by atoms with Gasteiger partial charge in [-0.05, 0) is 24.1 Å². The zero-order valence-corrected chi connectivity index (χ0v) is 8.74. The van der Waals surface area contributed by atoms with Gasteiger partial charge < -0.3 is 14.8 Å². The summed E-state index contributed by atoms with van der Waals surface area (Å²) < 4.78 is 10.0. The molecule has 0 spiro atoms. The van der Waals surface area contributed by atoms with Gasteiger partial charge in [-0.1, -0.05) is 12.1 Å². The summed E-state index contributed by atoms with van der Waals surface area (Å²) in [5.74, 6) is 0.851. The lowest BCUT2D eigenvalue weighted by molar-refractivity contribution is 0.177. The number of amides is 1. The fraction of sp³-hybridized carbons (Fsp3) is 0.364. The van der Waals surface area contributed by atoms with Crippen molar-refractivity contribution in [2.24, 2.45) is 0 Å². The van der Waals surface area contributed by atoms with Crippen molar-refractivity contribution in [3.8, 4) is 5.75 Å². The van der Waals surface area contributed by atoms with E-state index in [0.29, 0.717) is 6.61 Å². The summed E-state index contributed by atoms with van der Waals surface area (Å²) in [6, 6.07) is 5.79.